The maximum absolute atomic E-state index is 12.2. The van der Waals surface area contributed by atoms with Crippen LogP contribution >= 0.6 is 28.3 Å². The Kier molecular flexibility index (Phi) is 6.29. The lowest BCUT2D eigenvalue weighted by Gasteiger charge is -2.24. The molecule has 7 heteroatoms. The van der Waals surface area contributed by atoms with Crippen LogP contribution in [0, 0.1) is 6.92 Å². The molecule has 0 saturated carbocycles. The third-order valence-corrected chi connectivity index (χ3v) is 4.70. The number of nitrogens with two attached hydrogens (primary N) is 1. The van der Waals surface area contributed by atoms with Gasteiger partial charge >= 0.3 is 0 Å². The lowest BCUT2D eigenvalue weighted by Crippen LogP contribution is -2.48. The van der Waals surface area contributed by atoms with Gasteiger partial charge in [-0.05, 0) is 44.5 Å². The summed E-state index contributed by atoms with van der Waals surface area (Å²) in [6.45, 7) is 5.49. The van der Waals surface area contributed by atoms with Crippen LogP contribution in [0.15, 0.2) is 27.6 Å². The lowest BCUT2D eigenvalue weighted by atomic mass is 10.1. The molecule has 104 valence electrons. The Bertz CT molecular complexity index is 518. The second kappa shape index (κ2) is 6.34. The number of benzene rings is 1. The van der Waals surface area contributed by atoms with Gasteiger partial charge in [-0.1, -0.05) is 15.9 Å². The average Bonchev–Trinajstić information content (AvgIpc) is 2.15. The van der Waals surface area contributed by atoms with Crippen LogP contribution in [-0.2, 0) is 10.0 Å². The molecule has 0 amide bonds. The molecule has 0 aliphatic rings. The molecule has 3 N–H and O–H groups in total. The number of halogens is 2. The van der Waals surface area contributed by atoms with Crippen molar-refractivity contribution in [2.45, 2.75) is 31.2 Å². The highest BCUT2D eigenvalue weighted by atomic mass is 79.9. The maximum Gasteiger partial charge on any atom is 0.241 e. The highest BCUT2D eigenvalue weighted by molar-refractivity contribution is 9.10. The van der Waals surface area contributed by atoms with Crippen LogP contribution in [0.2, 0.25) is 0 Å². The molecule has 1 aromatic rings. The Balaban J connectivity index is 0.00000289. The van der Waals surface area contributed by atoms with Crippen molar-refractivity contribution in [1.82, 2.24) is 4.72 Å². The van der Waals surface area contributed by atoms with Gasteiger partial charge in [-0.15, -0.1) is 12.4 Å². The fraction of sp³-hybridized carbons (Fsp3) is 0.455. The van der Waals surface area contributed by atoms with E-state index in [1.807, 2.05) is 0 Å². The highest BCUT2D eigenvalue weighted by Crippen LogP contribution is 2.21. The molecule has 18 heavy (non-hydrogen) atoms. The minimum atomic E-state index is -3.53. The van der Waals surface area contributed by atoms with Gasteiger partial charge < -0.3 is 5.73 Å². The quantitative estimate of drug-likeness (QED) is 0.867. The van der Waals surface area contributed by atoms with Crippen molar-refractivity contribution in [3.63, 3.8) is 0 Å². The summed E-state index contributed by atoms with van der Waals surface area (Å²) in [5, 5.41) is 0. The van der Waals surface area contributed by atoms with E-state index < -0.39 is 15.6 Å². The first-order chi connectivity index (χ1) is 7.68. The van der Waals surface area contributed by atoms with Gasteiger partial charge in [0.1, 0.15) is 0 Å². The first-order valence-electron chi connectivity index (χ1n) is 5.18. The van der Waals surface area contributed by atoms with Gasteiger partial charge in [-0.2, -0.15) is 0 Å². The Morgan fingerprint density at radius 1 is 1.39 bits per heavy atom. The smallest absolute Gasteiger partial charge is 0.241 e. The number of nitrogens with one attached hydrogen (secondary N) is 1. The van der Waals surface area contributed by atoms with Crippen LogP contribution in [0.3, 0.4) is 0 Å². The molecule has 0 saturated heterocycles. The van der Waals surface area contributed by atoms with Gasteiger partial charge in [0, 0.05) is 16.6 Å². The van der Waals surface area contributed by atoms with Gasteiger partial charge in [-0.3, -0.25) is 0 Å². The summed E-state index contributed by atoms with van der Waals surface area (Å²) < 4.78 is 27.8. The summed E-state index contributed by atoms with van der Waals surface area (Å²) in [4.78, 5) is 0.280. The molecule has 4 nitrogen and oxygen atoms in total. The van der Waals surface area contributed by atoms with Crippen LogP contribution in [0.1, 0.15) is 19.4 Å². The summed E-state index contributed by atoms with van der Waals surface area (Å²) >= 11 is 3.30. The topological polar surface area (TPSA) is 72.2 Å². The van der Waals surface area contributed by atoms with Gasteiger partial charge in [0.15, 0.2) is 0 Å². The van der Waals surface area contributed by atoms with Crippen LogP contribution in [-0.4, -0.2) is 20.5 Å². The normalized spacial score (nSPS) is 12.1. The SMILES string of the molecule is Cc1cc(Br)ccc1S(=O)(=O)NC(C)(C)CN.Cl. The van der Waals surface area contributed by atoms with E-state index in [2.05, 4.69) is 20.7 Å². The largest absolute Gasteiger partial charge is 0.329 e. The molecule has 0 aliphatic heterocycles. The Morgan fingerprint density at radius 2 is 1.94 bits per heavy atom. The number of rotatable bonds is 4. The van der Waals surface area contributed by atoms with E-state index >= 15 is 0 Å². The van der Waals surface area contributed by atoms with Crippen molar-refractivity contribution < 1.29 is 8.42 Å². The average molecular weight is 358 g/mol. The van der Waals surface area contributed by atoms with E-state index in [-0.39, 0.29) is 23.8 Å². The second-order valence-electron chi connectivity index (χ2n) is 4.60. The van der Waals surface area contributed by atoms with E-state index in [1.165, 1.54) is 0 Å². The van der Waals surface area contributed by atoms with Crippen molar-refractivity contribution in [3.05, 3.63) is 28.2 Å². The minimum absolute atomic E-state index is 0. The number of hydrogen-bond donors (Lipinski definition) is 2. The van der Waals surface area contributed by atoms with Gasteiger partial charge in [0.2, 0.25) is 10.0 Å². The van der Waals surface area contributed by atoms with Crippen molar-refractivity contribution in [2.24, 2.45) is 5.73 Å². The van der Waals surface area contributed by atoms with Crippen molar-refractivity contribution in [1.29, 1.82) is 0 Å². The van der Waals surface area contributed by atoms with Crippen LogP contribution in [0.25, 0.3) is 0 Å². The molecule has 0 fully saturated rings. The predicted molar refractivity (Wildman–Crippen MR) is 79.6 cm³/mol. The van der Waals surface area contributed by atoms with Gasteiger partial charge in [-0.25, -0.2) is 13.1 Å². The second-order valence-corrected chi connectivity index (χ2v) is 7.17. The van der Waals surface area contributed by atoms with Crippen LogP contribution in [0.5, 0.6) is 0 Å². The monoisotopic (exact) mass is 356 g/mol. The van der Waals surface area contributed by atoms with Crippen molar-refractivity contribution in [2.75, 3.05) is 6.54 Å². The van der Waals surface area contributed by atoms with E-state index in [0.29, 0.717) is 5.56 Å². The zero-order valence-electron chi connectivity index (χ0n) is 10.5. The standard InChI is InChI=1S/C11H17BrN2O2S.ClH/c1-8-6-9(12)4-5-10(8)17(15,16)14-11(2,3)7-13;/h4-6,14H,7,13H2,1-3H3;1H. The van der Waals surface area contributed by atoms with Crippen molar-refractivity contribution in [3.8, 4) is 0 Å². The summed E-state index contributed by atoms with van der Waals surface area (Å²) in [7, 11) is -3.53. The molecule has 0 spiro atoms. The number of aryl methyl sites for hydroxylation is 1. The molecule has 0 aliphatic carbocycles. The minimum Gasteiger partial charge on any atom is -0.329 e. The summed E-state index contributed by atoms with van der Waals surface area (Å²) in [6, 6.07) is 5.05. The van der Waals surface area contributed by atoms with E-state index in [4.69, 9.17) is 5.73 Å². The zero-order chi connectivity index (χ0) is 13.3. The molecular formula is C11H18BrClN2O2S. The highest BCUT2D eigenvalue weighted by Gasteiger charge is 2.25. The Labute approximate surface area is 123 Å². The molecule has 0 atom stereocenters. The third-order valence-electron chi connectivity index (χ3n) is 2.35. The fourth-order valence-electron chi connectivity index (χ4n) is 1.37. The van der Waals surface area contributed by atoms with Crippen LogP contribution < -0.4 is 10.5 Å². The van der Waals surface area contributed by atoms with Crippen molar-refractivity contribution >= 4 is 38.4 Å². The van der Waals surface area contributed by atoms with Gasteiger partial charge in [0.25, 0.3) is 0 Å². The van der Waals surface area contributed by atoms with Crippen LogP contribution in [0.4, 0.5) is 0 Å². The van der Waals surface area contributed by atoms with E-state index in [0.717, 1.165) is 4.47 Å². The molecule has 0 bridgehead atoms. The Morgan fingerprint density at radius 3 is 2.39 bits per heavy atom. The lowest BCUT2D eigenvalue weighted by molar-refractivity contribution is 0.462. The number of hydrogen-bond acceptors (Lipinski definition) is 3. The molecule has 1 rings (SSSR count). The number of sulfonamides is 1. The first-order valence-corrected chi connectivity index (χ1v) is 7.46. The summed E-state index contributed by atoms with van der Waals surface area (Å²) in [6.07, 6.45) is 0. The third kappa shape index (κ3) is 4.51. The fourth-order valence-corrected chi connectivity index (χ4v) is 3.50. The Hall–Kier alpha value is -0.140. The molecule has 1 aromatic carbocycles. The predicted octanol–water partition coefficient (Wildman–Crippen LogP) is 2.19. The van der Waals surface area contributed by atoms with E-state index in [1.54, 1.807) is 39.0 Å². The molecular weight excluding hydrogens is 340 g/mol. The molecule has 0 unspecified atom stereocenters. The van der Waals surface area contributed by atoms with Gasteiger partial charge in [0.05, 0.1) is 4.90 Å². The summed E-state index contributed by atoms with van der Waals surface area (Å²) in [5.74, 6) is 0. The molecule has 0 aromatic heterocycles. The summed E-state index contributed by atoms with van der Waals surface area (Å²) in [5.41, 5.74) is 5.56. The van der Waals surface area contributed by atoms with E-state index in [9.17, 15) is 8.42 Å². The first kappa shape index (κ1) is 17.9. The molecule has 0 radical (unpaired) electrons. The molecule has 0 heterocycles. The maximum atomic E-state index is 12.2. The zero-order valence-corrected chi connectivity index (χ0v) is 13.7.